The fourth-order valence-corrected chi connectivity index (χ4v) is 5.54. The summed E-state index contributed by atoms with van der Waals surface area (Å²) in [5.74, 6) is -0.957. The van der Waals surface area contributed by atoms with Crippen LogP contribution in [0.25, 0.3) is 0 Å². The molecule has 0 radical (unpaired) electrons. The Balaban J connectivity index is 2.04. The zero-order valence-corrected chi connectivity index (χ0v) is 22.2. The Morgan fingerprint density at radius 2 is 1.47 bits per heavy atom. The normalized spacial score (nSPS) is 12.0. The Labute approximate surface area is 221 Å². The van der Waals surface area contributed by atoms with E-state index in [0.717, 1.165) is 4.31 Å². The molecule has 0 aliphatic rings. The van der Waals surface area contributed by atoms with Crippen molar-refractivity contribution in [3.63, 3.8) is 0 Å². The largest absolute Gasteiger partial charge is 0.355 e. The topological polar surface area (TPSA) is 86.8 Å². The molecule has 1 N–H and O–H groups in total. The van der Waals surface area contributed by atoms with Crippen LogP contribution in [0.4, 0.5) is 5.69 Å². The molecular formula is C26H27Cl2N3O4S. The van der Waals surface area contributed by atoms with Gasteiger partial charge in [-0.1, -0.05) is 71.7 Å². The minimum absolute atomic E-state index is 0.00662. The molecule has 190 valence electrons. The smallest absolute Gasteiger partial charge is 0.264 e. The summed E-state index contributed by atoms with van der Waals surface area (Å²) in [6.07, 6.45) is 0. The molecule has 0 heterocycles. The van der Waals surface area contributed by atoms with Crippen molar-refractivity contribution in [2.24, 2.45) is 0 Å². The highest BCUT2D eigenvalue weighted by molar-refractivity contribution is 7.92. The van der Waals surface area contributed by atoms with Crippen LogP contribution in [0.3, 0.4) is 0 Å². The van der Waals surface area contributed by atoms with Crippen LogP contribution in [0.1, 0.15) is 19.4 Å². The van der Waals surface area contributed by atoms with Crippen molar-refractivity contribution in [3.8, 4) is 0 Å². The third kappa shape index (κ3) is 6.37. The molecule has 3 rings (SSSR count). The maximum absolute atomic E-state index is 13.7. The number of rotatable bonds is 10. The molecule has 0 unspecified atom stereocenters. The van der Waals surface area contributed by atoms with E-state index >= 15 is 0 Å². The van der Waals surface area contributed by atoms with Gasteiger partial charge in [-0.3, -0.25) is 13.9 Å². The Morgan fingerprint density at radius 3 is 2.08 bits per heavy atom. The van der Waals surface area contributed by atoms with Crippen LogP contribution in [0.15, 0.2) is 83.8 Å². The van der Waals surface area contributed by atoms with E-state index < -0.39 is 28.5 Å². The molecule has 0 bridgehead atoms. The summed E-state index contributed by atoms with van der Waals surface area (Å²) < 4.78 is 28.3. The van der Waals surface area contributed by atoms with Gasteiger partial charge < -0.3 is 10.2 Å². The zero-order chi connectivity index (χ0) is 26.3. The number of anilines is 1. The minimum Gasteiger partial charge on any atom is -0.355 e. The maximum Gasteiger partial charge on any atom is 0.264 e. The monoisotopic (exact) mass is 547 g/mol. The fourth-order valence-electron chi connectivity index (χ4n) is 3.60. The molecule has 0 aliphatic carbocycles. The first kappa shape index (κ1) is 27.5. The molecule has 1 atom stereocenters. The number of benzene rings is 3. The lowest BCUT2D eigenvalue weighted by molar-refractivity contribution is -0.139. The van der Waals surface area contributed by atoms with Crippen LogP contribution in [0.5, 0.6) is 0 Å². The van der Waals surface area contributed by atoms with Crippen LogP contribution in [0, 0.1) is 0 Å². The van der Waals surface area contributed by atoms with Gasteiger partial charge in [0.05, 0.1) is 15.6 Å². The molecule has 10 heteroatoms. The molecule has 2 amide bonds. The highest BCUT2D eigenvalue weighted by Crippen LogP contribution is 2.30. The Kier molecular flexibility index (Phi) is 9.37. The van der Waals surface area contributed by atoms with Gasteiger partial charge in [-0.2, -0.15) is 0 Å². The first-order valence-corrected chi connectivity index (χ1v) is 13.5. The summed E-state index contributed by atoms with van der Waals surface area (Å²) in [6.45, 7) is 3.18. The van der Waals surface area contributed by atoms with Crippen LogP contribution in [0.2, 0.25) is 10.0 Å². The summed E-state index contributed by atoms with van der Waals surface area (Å²) >= 11 is 12.7. The predicted molar refractivity (Wildman–Crippen MR) is 143 cm³/mol. The van der Waals surface area contributed by atoms with E-state index in [1.165, 1.54) is 23.1 Å². The van der Waals surface area contributed by atoms with Gasteiger partial charge in [-0.25, -0.2) is 8.42 Å². The number of nitrogens with one attached hydrogen (secondary N) is 1. The number of sulfonamides is 1. The molecule has 0 spiro atoms. The number of nitrogens with zero attached hydrogens (tertiary/aromatic N) is 2. The SMILES string of the molecule is CCNC(=O)[C@@H](C)N(Cc1ccccc1Cl)C(=O)CN(c1ccccc1Cl)S(=O)(=O)c1ccccc1. The van der Waals surface area contributed by atoms with Gasteiger partial charge >= 0.3 is 0 Å². The van der Waals surface area contributed by atoms with Gasteiger partial charge in [0.25, 0.3) is 10.0 Å². The van der Waals surface area contributed by atoms with Gasteiger partial charge in [-0.05, 0) is 49.7 Å². The molecule has 3 aromatic carbocycles. The van der Waals surface area contributed by atoms with E-state index in [1.807, 2.05) is 0 Å². The molecule has 0 saturated heterocycles. The quantitative estimate of drug-likeness (QED) is 0.397. The number of hydrogen-bond acceptors (Lipinski definition) is 4. The van der Waals surface area contributed by atoms with Crippen LogP contribution in [-0.2, 0) is 26.2 Å². The number of halogens is 2. The maximum atomic E-state index is 13.7. The third-order valence-corrected chi connectivity index (χ3v) is 8.01. The summed E-state index contributed by atoms with van der Waals surface area (Å²) in [4.78, 5) is 27.8. The number of hydrogen-bond donors (Lipinski definition) is 1. The van der Waals surface area contributed by atoms with E-state index in [9.17, 15) is 18.0 Å². The van der Waals surface area contributed by atoms with Crippen LogP contribution < -0.4 is 9.62 Å². The average Bonchev–Trinajstić information content (AvgIpc) is 2.87. The Hall–Kier alpha value is -3.07. The van der Waals surface area contributed by atoms with E-state index in [4.69, 9.17) is 23.2 Å². The molecule has 3 aromatic rings. The summed E-state index contributed by atoms with van der Waals surface area (Å²) in [5, 5.41) is 3.31. The standard InChI is InChI=1S/C26H27Cl2N3O4S/c1-3-29-26(33)19(2)30(17-20-11-7-8-14-22(20)27)25(32)18-31(24-16-10-9-15-23(24)28)36(34,35)21-12-5-4-6-13-21/h4-16,19H,3,17-18H2,1-2H3,(H,29,33)/t19-/m1/s1. The lowest BCUT2D eigenvalue weighted by Gasteiger charge is -2.32. The van der Waals surface area contributed by atoms with Gasteiger partial charge in [-0.15, -0.1) is 0 Å². The molecule has 7 nitrogen and oxygen atoms in total. The van der Waals surface area contributed by atoms with E-state index in [0.29, 0.717) is 17.1 Å². The number of likely N-dealkylation sites (N-methyl/N-ethyl adjacent to an activating group) is 1. The number of amides is 2. The zero-order valence-electron chi connectivity index (χ0n) is 19.9. The van der Waals surface area contributed by atoms with Crippen molar-refractivity contribution in [2.45, 2.75) is 31.3 Å². The number of carbonyl (C=O) groups is 2. The predicted octanol–water partition coefficient (Wildman–Crippen LogP) is 4.74. The summed E-state index contributed by atoms with van der Waals surface area (Å²) in [5.41, 5.74) is 0.776. The fraction of sp³-hybridized carbons (Fsp3) is 0.231. The molecular weight excluding hydrogens is 521 g/mol. The molecule has 0 aromatic heterocycles. The number of para-hydroxylation sites is 1. The number of carbonyl (C=O) groups excluding carboxylic acids is 2. The lowest BCUT2D eigenvalue weighted by Crippen LogP contribution is -2.51. The van der Waals surface area contributed by atoms with Crippen LogP contribution in [-0.4, -0.2) is 44.3 Å². The second-order valence-corrected chi connectivity index (χ2v) is 10.6. The highest BCUT2D eigenvalue weighted by Gasteiger charge is 2.33. The van der Waals surface area contributed by atoms with Crippen molar-refractivity contribution < 1.29 is 18.0 Å². The second kappa shape index (κ2) is 12.3. The minimum atomic E-state index is -4.17. The van der Waals surface area contributed by atoms with Crippen molar-refractivity contribution in [1.82, 2.24) is 10.2 Å². The lowest BCUT2D eigenvalue weighted by atomic mass is 10.1. The molecule has 0 aliphatic heterocycles. The van der Waals surface area contributed by atoms with Crippen molar-refractivity contribution in [3.05, 3.63) is 94.5 Å². The Morgan fingerprint density at radius 1 is 0.889 bits per heavy atom. The van der Waals surface area contributed by atoms with E-state index in [1.54, 1.807) is 74.5 Å². The van der Waals surface area contributed by atoms with Crippen molar-refractivity contribution in [2.75, 3.05) is 17.4 Å². The summed E-state index contributed by atoms with van der Waals surface area (Å²) in [7, 11) is -4.17. The van der Waals surface area contributed by atoms with Crippen LogP contribution >= 0.6 is 23.2 Å². The van der Waals surface area contributed by atoms with E-state index in [2.05, 4.69) is 5.32 Å². The highest BCUT2D eigenvalue weighted by atomic mass is 35.5. The van der Waals surface area contributed by atoms with Crippen molar-refractivity contribution >= 4 is 50.7 Å². The molecule has 0 fully saturated rings. The molecule has 36 heavy (non-hydrogen) atoms. The average molecular weight is 548 g/mol. The van der Waals surface area contributed by atoms with Gasteiger partial charge in [0.15, 0.2) is 0 Å². The van der Waals surface area contributed by atoms with Gasteiger partial charge in [0, 0.05) is 18.1 Å². The molecule has 0 saturated carbocycles. The van der Waals surface area contributed by atoms with Gasteiger partial charge in [0.2, 0.25) is 11.8 Å². The van der Waals surface area contributed by atoms with Crippen molar-refractivity contribution in [1.29, 1.82) is 0 Å². The van der Waals surface area contributed by atoms with E-state index in [-0.39, 0.29) is 28.1 Å². The summed E-state index contributed by atoms with van der Waals surface area (Å²) in [6, 6.07) is 20.3. The first-order valence-electron chi connectivity index (χ1n) is 11.3. The van der Waals surface area contributed by atoms with Gasteiger partial charge in [0.1, 0.15) is 12.6 Å². The third-order valence-electron chi connectivity index (χ3n) is 5.55. The second-order valence-electron chi connectivity index (χ2n) is 7.96. The first-order chi connectivity index (χ1) is 17.2. The Bertz CT molecular complexity index is 1320.